The largest absolute Gasteiger partial charge is 0.398 e. The standard InChI is InChI=1S/C15H18FN3O2/c1-2-20-15(8-3-4-9-15)14-18-13(21-19-14)12-10(16)6-5-7-11(12)17/h5-7H,2-4,8-9,17H2,1H3. The zero-order valence-corrected chi connectivity index (χ0v) is 11.9. The third-order valence-corrected chi connectivity index (χ3v) is 3.93. The lowest BCUT2D eigenvalue weighted by Crippen LogP contribution is -2.27. The molecule has 21 heavy (non-hydrogen) atoms. The van der Waals surface area contributed by atoms with Gasteiger partial charge in [-0.15, -0.1) is 0 Å². The van der Waals surface area contributed by atoms with Crippen LogP contribution in [0.4, 0.5) is 10.1 Å². The Kier molecular flexibility index (Phi) is 3.63. The summed E-state index contributed by atoms with van der Waals surface area (Å²) in [7, 11) is 0. The first kappa shape index (κ1) is 14.0. The first-order valence-corrected chi connectivity index (χ1v) is 7.19. The van der Waals surface area contributed by atoms with E-state index in [1.807, 2.05) is 6.92 Å². The van der Waals surface area contributed by atoms with E-state index in [2.05, 4.69) is 10.1 Å². The second kappa shape index (κ2) is 5.44. The lowest BCUT2D eigenvalue weighted by Gasteiger charge is -2.24. The molecule has 1 saturated carbocycles. The summed E-state index contributed by atoms with van der Waals surface area (Å²) in [4.78, 5) is 4.35. The predicted molar refractivity (Wildman–Crippen MR) is 75.9 cm³/mol. The molecule has 0 saturated heterocycles. The van der Waals surface area contributed by atoms with Gasteiger partial charge in [0.2, 0.25) is 5.82 Å². The van der Waals surface area contributed by atoms with Crippen molar-refractivity contribution in [3.8, 4) is 11.5 Å². The molecule has 3 rings (SSSR count). The van der Waals surface area contributed by atoms with E-state index in [9.17, 15) is 4.39 Å². The lowest BCUT2D eigenvalue weighted by molar-refractivity contribution is -0.0469. The van der Waals surface area contributed by atoms with Crippen LogP contribution in [0.3, 0.4) is 0 Å². The molecule has 2 N–H and O–H groups in total. The first-order valence-electron chi connectivity index (χ1n) is 7.19. The van der Waals surface area contributed by atoms with E-state index in [1.165, 1.54) is 6.07 Å². The van der Waals surface area contributed by atoms with E-state index in [-0.39, 0.29) is 17.1 Å². The summed E-state index contributed by atoms with van der Waals surface area (Å²) in [5.41, 5.74) is 5.74. The number of nitrogen functional groups attached to an aromatic ring is 1. The van der Waals surface area contributed by atoms with E-state index in [4.69, 9.17) is 15.0 Å². The van der Waals surface area contributed by atoms with Gasteiger partial charge in [-0.3, -0.25) is 0 Å². The summed E-state index contributed by atoms with van der Waals surface area (Å²) in [5, 5.41) is 4.01. The minimum atomic E-state index is -0.503. The fourth-order valence-corrected chi connectivity index (χ4v) is 2.93. The lowest BCUT2D eigenvalue weighted by atomic mass is 10.0. The molecule has 0 aliphatic heterocycles. The van der Waals surface area contributed by atoms with Crippen molar-refractivity contribution in [2.75, 3.05) is 12.3 Å². The normalized spacial score (nSPS) is 17.2. The van der Waals surface area contributed by atoms with Gasteiger partial charge in [0.1, 0.15) is 11.4 Å². The maximum atomic E-state index is 13.9. The maximum absolute atomic E-state index is 13.9. The molecule has 0 spiro atoms. The molecule has 6 heteroatoms. The number of nitrogens with two attached hydrogens (primary N) is 1. The van der Waals surface area contributed by atoms with Crippen molar-refractivity contribution in [3.05, 3.63) is 29.8 Å². The minimum absolute atomic E-state index is 0.103. The number of hydrogen-bond acceptors (Lipinski definition) is 5. The molecule has 1 fully saturated rings. The van der Waals surface area contributed by atoms with Crippen molar-refractivity contribution in [1.29, 1.82) is 0 Å². The van der Waals surface area contributed by atoms with E-state index < -0.39 is 11.4 Å². The highest BCUT2D eigenvalue weighted by Gasteiger charge is 2.41. The SMILES string of the molecule is CCOC1(c2noc(-c3c(N)cccc3F)n2)CCCC1. The highest BCUT2D eigenvalue weighted by Crippen LogP contribution is 2.41. The zero-order chi connectivity index (χ0) is 14.9. The monoisotopic (exact) mass is 291 g/mol. The molecule has 0 atom stereocenters. The van der Waals surface area contributed by atoms with Gasteiger partial charge in [-0.2, -0.15) is 4.98 Å². The maximum Gasteiger partial charge on any atom is 0.263 e. The molecule has 1 aromatic carbocycles. The third kappa shape index (κ3) is 2.40. The molecule has 1 aliphatic rings. The second-order valence-electron chi connectivity index (χ2n) is 5.26. The summed E-state index contributed by atoms with van der Waals surface area (Å²) < 4.78 is 25.0. The van der Waals surface area contributed by atoms with Crippen LogP contribution in [-0.4, -0.2) is 16.7 Å². The number of benzene rings is 1. The Morgan fingerprint density at radius 1 is 1.38 bits per heavy atom. The molecule has 1 aromatic heterocycles. The summed E-state index contributed by atoms with van der Waals surface area (Å²) in [6, 6.07) is 4.48. The van der Waals surface area contributed by atoms with Crippen LogP contribution in [0, 0.1) is 5.82 Å². The van der Waals surface area contributed by atoms with Gasteiger partial charge in [-0.1, -0.05) is 11.2 Å². The molecule has 2 aromatic rings. The van der Waals surface area contributed by atoms with Gasteiger partial charge in [-0.25, -0.2) is 4.39 Å². The van der Waals surface area contributed by atoms with E-state index >= 15 is 0 Å². The van der Waals surface area contributed by atoms with E-state index in [0.717, 1.165) is 25.7 Å². The first-order chi connectivity index (χ1) is 10.2. The quantitative estimate of drug-likeness (QED) is 0.875. The molecule has 0 bridgehead atoms. The van der Waals surface area contributed by atoms with Crippen LogP contribution in [0.25, 0.3) is 11.5 Å². The fraction of sp³-hybridized carbons (Fsp3) is 0.467. The van der Waals surface area contributed by atoms with Crippen LogP contribution in [-0.2, 0) is 10.3 Å². The Morgan fingerprint density at radius 2 is 2.14 bits per heavy atom. The minimum Gasteiger partial charge on any atom is -0.398 e. The summed E-state index contributed by atoms with van der Waals surface area (Å²) >= 11 is 0. The molecule has 112 valence electrons. The fourth-order valence-electron chi connectivity index (χ4n) is 2.93. The van der Waals surface area contributed by atoms with Gasteiger partial charge in [0.25, 0.3) is 5.89 Å². The number of ether oxygens (including phenoxy) is 1. The van der Waals surface area contributed by atoms with Crippen LogP contribution in [0.2, 0.25) is 0 Å². The van der Waals surface area contributed by atoms with Crippen molar-refractivity contribution in [1.82, 2.24) is 10.1 Å². The molecule has 0 radical (unpaired) electrons. The van der Waals surface area contributed by atoms with Gasteiger partial charge in [-0.05, 0) is 44.7 Å². The Bertz CT molecular complexity index is 615. The van der Waals surface area contributed by atoms with Crippen molar-refractivity contribution >= 4 is 5.69 Å². The highest BCUT2D eigenvalue weighted by molar-refractivity contribution is 5.70. The molecule has 1 aliphatic carbocycles. The number of halogens is 1. The number of anilines is 1. The van der Waals surface area contributed by atoms with Gasteiger partial charge in [0, 0.05) is 12.3 Å². The van der Waals surface area contributed by atoms with Crippen LogP contribution in [0.15, 0.2) is 22.7 Å². The number of aromatic nitrogens is 2. The molecule has 0 amide bonds. The van der Waals surface area contributed by atoms with Crippen molar-refractivity contribution < 1.29 is 13.7 Å². The van der Waals surface area contributed by atoms with Crippen LogP contribution in [0.5, 0.6) is 0 Å². The average Bonchev–Trinajstić information content (AvgIpc) is 3.09. The average molecular weight is 291 g/mol. The molecule has 5 nitrogen and oxygen atoms in total. The van der Waals surface area contributed by atoms with Gasteiger partial charge in [0.15, 0.2) is 0 Å². The van der Waals surface area contributed by atoms with Gasteiger partial charge in [0.05, 0.1) is 5.56 Å². The number of rotatable bonds is 4. The molecular weight excluding hydrogens is 273 g/mol. The van der Waals surface area contributed by atoms with Crippen molar-refractivity contribution in [2.45, 2.75) is 38.2 Å². The Balaban J connectivity index is 2.00. The van der Waals surface area contributed by atoms with Gasteiger partial charge >= 0.3 is 0 Å². The molecular formula is C15H18FN3O2. The number of nitrogens with zero attached hydrogens (tertiary/aromatic N) is 2. The summed E-state index contributed by atoms with van der Waals surface area (Å²) in [5.74, 6) is 0.119. The molecule has 0 unspecified atom stereocenters. The topological polar surface area (TPSA) is 74.2 Å². The van der Waals surface area contributed by atoms with E-state index in [1.54, 1.807) is 12.1 Å². The van der Waals surface area contributed by atoms with Crippen LogP contribution >= 0.6 is 0 Å². The van der Waals surface area contributed by atoms with Gasteiger partial charge < -0.3 is 15.0 Å². The predicted octanol–water partition coefficient (Wildman–Crippen LogP) is 3.26. The third-order valence-electron chi connectivity index (χ3n) is 3.93. The number of hydrogen-bond donors (Lipinski definition) is 1. The summed E-state index contributed by atoms with van der Waals surface area (Å²) in [6.45, 7) is 2.52. The summed E-state index contributed by atoms with van der Waals surface area (Å²) in [6.07, 6.45) is 3.83. The zero-order valence-electron chi connectivity index (χ0n) is 11.9. The Hall–Kier alpha value is -1.95. The Labute approximate surface area is 122 Å². The smallest absolute Gasteiger partial charge is 0.263 e. The van der Waals surface area contributed by atoms with Crippen LogP contribution < -0.4 is 5.73 Å². The highest BCUT2D eigenvalue weighted by atomic mass is 19.1. The van der Waals surface area contributed by atoms with Crippen molar-refractivity contribution in [2.24, 2.45) is 0 Å². The second-order valence-corrected chi connectivity index (χ2v) is 5.26. The molecule has 1 heterocycles. The van der Waals surface area contributed by atoms with Crippen LogP contribution in [0.1, 0.15) is 38.4 Å². The van der Waals surface area contributed by atoms with Crippen molar-refractivity contribution in [3.63, 3.8) is 0 Å². The van der Waals surface area contributed by atoms with E-state index in [0.29, 0.717) is 12.4 Å². The Morgan fingerprint density at radius 3 is 2.81 bits per heavy atom.